The van der Waals surface area contributed by atoms with Crippen LogP contribution in [0.15, 0.2) is 11.2 Å². The highest BCUT2D eigenvalue weighted by atomic mass is 16.5. The molecule has 8 nitrogen and oxygen atoms in total. The van der Waals surface area contributed by atoms with E-state index in [9.17, 15) is 9.59 Å². The van der Waals surface area contributed by atoms with Gasteiger partial charge in [-0.3, -0.25) is 4.79 Å². The van der Waals surface area contributed by atoms with E-state index < -0.39 is 6.03 Å². The van der Waals surface area contributed by atoms with E-state index in [1.165, 1.54) is 13.1 Å². The van der Waals surface area contributed by atoms with E-state index in [0.29, 0.717) is 30.2 Å². The zero-order valence-electron chi connectivity index (χ0n) is 11.4. The third-order valence-corrected chi connectivity index (χ3v) is 2.14. The molecule has 108 valence electrons. The van der Waals surface area contributed by atoms with Gasteiger partial charge in [-0.25, -0.2) is 20.2 Å². The number of methoxy groups -OCH3 is 1. The number of nitrogens with one attached hydrogen (secondary N) is 1. The fraction of sp³-hybridized carbons (Fsp3) is 0.417. The molecule has 0 aliphatic heterocycles. The molecule has 0 spiro atoms. The van der Waals surface area contributed by atoms with Gasteiger partial charge in [-0.15, -0.1) is 0 Å². The van der Waals surface area contributed by atoms with Crippen LogP contribution in [-0.2, 0) is 29.0 Å². The van der Waals surface area contributed by atoms with Crippen molar-refractivity contribution in [3.8, 4) is 0 Å². The van der Waals surface area contributed by atoms with Crippen LogP contribution in [0, 0.1) is 0 Å². The van der Waals surface area contributed by atoms with Crippen molar-refractivity contribution in [1.29, 1.82) is 0 Å². The Morgan fingerprint density at radius 3 is 2.75 bits per heavy atom. The van der Waals surface area contributed by atoms with E-state index in [2.05, 4.69) is 20.5 Å². The number of carbonyl (C=O) groups excluding carboxylic acids is 2. The number of rotatable bonds is 7. The summed E-state index contributed by atoms with van der Waals surface area (Å²) in [4.78, 5) is 30.1. The second kappa shape index (κ2) is 7.95. The molecular formula is C12H17N5O3. The molecule has 0 aromatic carbocycles. The van der Waals surface area contributed by atoms with Gasteiger partial charge in [0.15, 0.2) is 0 Å². The highest BCUT2D eigenvalue weighted by Crippen LogP contribution is 2.05. The fourth-order valence-electron chi connectivity index (χ4n) is 1.51. The van der Waals surface area contributed by atoms with Crippen molar-refractivity contribution in [1.82, 2.24) is 15.4 Å². The molecule has 0 unspecified atom stereocenters. The first-order valence-electron chi connectivity index (χ1n) is 5.92. The first-order chi connectivity index (χ1) is 9.51. The Bertz CT molecular complexity index is 516. The smallest absolute Gasteiger partial charge is 0.332 e. The van der Waals surface area contributed by atoms with E-state index in [1.54, 1.807) is 13.2 Å². The summed E-state index contributed by atoms with van der Waals surface area (Å²) in [7, 11) is 1.56. The Morgan fingerprint density at radius 1 is 1.45 bits per heavy atom. The van der Waals surface area contributed by atoms with Gasteiger partial charge in [-0.2, -0.15) is 5.10 Å². The molecule has 3 N–H and O–H groups in total. The number of hydrogen-bond donors (Lipinski definition) is 2. The number of nitrogens with zero attached hydrogens (tertiary/aromatic N) is 3. The van der Waals surface area contributed by atoms with Crippen molar-refractivity contribution in [2.75, 3.05) is 7.11 Å². The molecule has 1 aromatic heterocycles. The molecule has 8 heteroatoms. The van der Waals surface area contributed by atoms with Crippen LogP contribution in [0.4, 0.5) is 4.79 Å². The zero-order valence-corrected chi connectivity index (χ0v) is 11.4. The molecule has 0 radical (unpaired) electrons. The van der Waals surface area contributed by atoms with Crippen molar-refractivity contribution in [3.63, 3.8) is 0 Å². The number of carbonyl (C=O) groups is 2. The number of primary amides is 1. The molecule has 1 heterocycles. The maximum Gasteiger partial charge on any atom is 0.332 e. The second-order valence-electron chi connectivity index (χ2n) is 4.07. The van der Waals surface area contributed by atoms with Crippen LogP contribution in [0.1, 0.15) is 24.1 Å². The third-order valence-electron chi connectivity index (χ3n) is 2.14. The molecule has 0 saturated carbocycles. The number of amides is 2. The minimum atomic E-state index is -0.743. The van der Waals surface area contributed by atoms with Gasteiger partial charge in [0.1, 0.15) is 11.6 Å². The highest BCUT2D eigenvalue weighted by Gasteiger charge is 2.06. The summed E-state index contributed by atoms with van der Waals surface area (Å²) in [6.45, 7) is 1.83. The van der Waals surface area contributed by atoms with Crippen LogP contribution in [0.2, 0.25) is 0 Å². The summed E-state index contributed by atoms with van der Waals surface area (Å²) in [6, 6.07) is 0.986. The molecule has 1 rings (SSSR count). The number of hydrazone groups is 1. The topological polar surface area (TPSA) is 120 Å². The number of aromatic nitrogens is 2. The van der Waals surface area contributed by atoms with E-state index in [-0.39, 0.29) is 12.2 Å². The third kappa shape index (κ3) is 6.01. The predicted octanol–water partition coefficient (Wildman–Crippen LogP) is -0.0489. The van der Waals surface area contributed by atoms with E-state index in [4.69, 9.17) is 10.5 Å². The second-order valence-corrected chi connectivity index (χ2v) is 4.07. The van der Waals surface area contributed by atoms with E-state index in [0.717, 1.165) is 0 Å². The SMILES string of the molecule is COCc1cc(CC(C)=O)nc(C/C=N\NC(N)=O)n1. The van der Waals surface area contributed by atoms with Crippen molar-refractivity contribution in [2.45, 2.75) is 26.4 Å². The van der Waals surface area contributed by atoms with Crippen molar-refractivity contribution in [3.05, 3.63) is 23.3 Å². The average Bonchev–Trinajstić information content (AvgIpc) is 2.34. The normalized spacial score (nSPS) is 10.7. The van der Waals surface area contributed by atoms with Gasteiger partial charge in [0.2, 0.25) is 0 Å². The summed E-state index contributed by atoms with van der Waals surface area (Å²) in [5.74, 6) is 0.507. The Labute approximate surface area is 116 Å². The van der Waals surface area contributed by atoms with Crippen molar-refractivity contribution >= 4 is 18.0 Å². The number of urea groups is 1. The Kier molecular flexibility index (Phi) is 6.24. The number of ether oxygens (including phenoxy) is 1. The molecule has 0 aliphatic carbocycles. The average molecular weight is 279 g/mol. The lowest BCUT2D eigenvalue weighted by Crippen LogP contribution is -2.24. The largest absolute Gasteiger partial charge is 0.378 e. The Hall–Kier alpha value is -2.35. The lowest BCUT2D eigenvalue weighted by molar-refractivity contribution is -0.116. The number of nitrogens with two attached hydrogens (primary N) is 1. The predicted molar refractivity (Wildman–Crippen MR) is 72.0 cm³/mol. The van der Waals surface area contributed by atoms with Crippen LogP contribution in [0.5, 0.6) is 0 Å². The lowest BCUT2D eigenvalue weighted by atomic mass is 10.2. The van der Waals surface area contributed by atoms with Crippen LogP contribution in [0.3, 0.4) is 0 Å². The first-order valence-corrected chi connectivity index (χ1v) is 5.92. The highest BCUT2D eigenvalue weighted by molar-refractivity contribution is 5.77. The summed E-state index contributed by atoms with van der Waals surface area (Å²) in [6.07, 6.45) is 1.97. The zero-order chi connectivity index (χ0) is 15.0. The molecular weight excluding hydrogens is 262 g/mol. The van der Waals surface area contributed by atoms with Crippen LogP contribution < -0.4 is 11.2 Å². The fourth-order valence-corrected chi connectivity index (χ4v) is 1.51. The Morgan fingerprint density at radius 2 is 2.15 bits per heavy atom. The van der Waals surface area contributed by atoms with Gasteiger partial charge in [-0.1, -0.05) is 0 Å². The number of ketones is 1. The maximum absolute atomic E-state index is 11.1. The molecule has 0 bridgehead atoms. The van der Waals surface area contributed by atoms with Crippen LogP contribution >= 0.6 is 0 Å². The van der Waals surface area contributed by atoms with E-state index >= 15 is 0 Å². The lowest BCUT2D eigenvalue weighted by Gasteiger charge is -2.05. The van der Waals surface area contributed by atoms with Crippen molar-refractivity contribution < 1.29 is 14.3 Å². The van der Waals surface area contributed by atoms with Gasteiger partial charge in [-0.05, 0) is 13.0 Å². The molecule has 0 fully saturated rings. The quantitative estimate of drug-likeness (QED) is 0.535. The van der Waals surface area contributed by atoms with Crippen LogP contribution in [0.25, 0.3) is 0 Å². The molecule has 0 atom stereocenters. The molecule has 20 heavy (non-hydrogen) atoms. The number of Topliss-reactive ketones (excluding diaryl/α,β-unsaturated/α-hetero) is 1. The summed E-state index contributed by atoms with van der Waals surface area (Å²) >= 11 is 0. The van der Waals surface area contributed by atoms with Crippen LogP contribution in [-0.4, -0.2) is 35.1 Å². The monoisotopic (exact) mass is 279 g/mol. The molecule has 0 saturated heterocycles. The standard InChI is InChI=1S/C12H17N5O3/c1-8(18)5-9-6-10(7-20-2)16-11(15-9)3-4-14-17-12(13)19/h4,6H,3,5,7H2,1-2H3,(H3,13,17,19)/b14-4-. The molecule has 1 aromatic rings. The van der Waals surface area contributed by atoms with Gasteiger partial charge < -0.3 is 10.5 Å². The van der Waals surface area contributed by atoms with E-state index in [1.807, 2.05) is 0 Å². The van der Waals surface area contributed by atoms with Gasteiger partial charge >= 0.3 is 6.03 Å². The van der Waals surface area contributed by atoms with Gasteiger partial charge in [0, 0.05) is 26.2 Å². The summed E-state index contributed by atoms with van der Waals surface area (Å²) in [5, 5.41) is 3.60. The maximum atomic E-state index is 11.1. The minimum Gasteiger partial charge on any atom is -0.378 e. The Balaban J connectivity index is 2.82. The summed E-state index contributed by atoms with van der Waals surface area (Å²) in [5.41, 5.74) is 8.26. The molecule has 2 amide bonds. The van der Waals surface area contributed by atoms with Gasteiger partial charge in [0.25, 0.3) is 0 Å². The first kappa shape index (κ1) is 15.7. The van der Waals surface area contributed by atoms with Gasteiger partial charge in [0.05, 0.1) is 18.0 Å². The number of hydrogen-bond acceptors (Lipinski definition) is 6. The molecule has 0 aliphatic rings. The summed E-state index contributed by atoms with van der Waals surface area (Å²) < 4.78 is 5.02. The minimum absolute atomic E-state index is 0.0158. The van der Waals surface area contributed by atoms with Crippen molar-refractivity contribution in [2.24, 2.45) is 10.8 Å².